The number of hydrogen-bond donors (Lipinski definition) is 2. The number of rotatable bonds is 8. The number of phenols is 1. The summed E-state index contributed by atoms with van der Waals surface area (Å²) in [6.45, 7) is 4.62. The molecule has 2 N–H and O–H groups in total. The zero-order valence-electron chi connectivity index (χ0n) is 19.5. The minimum absolute atomic E-state index is 0.0254. The van der Waals surface area contributed by atoms with Crippen LogP contribution in [-0.2, 0) is 9.59 Å². The number of aliphatic hydroxyl groups is 1. The van der Waals surface area contributed by atoms with Crippen molar-refractivity contribution in [1.29, 1.82) is 0 Å². The Labute approximate surface area is 199 Å². The van der Waals surface area contributed by atoms with Crippen LogP contribution in [0.5, 0.6) is 11.5 Å². The summed E-state index contributed by atoms with van der Waals surface area (Å²) < 4.78 is 5.55. The SMILES string of the molecule is CCCCCN1C(=O)C(=O)/C(=C(/O)c2cccc3ccccc23)C1c1ccc(O)c(OCC)c1. The highest BCUT2D eigenvalue weighted by atomic mass is 16.5. The monoisotopic (exact) mass is 459 g/mol. The van der Waals surface area contributed by atoms with Gasteiger partial charge in [-0.25, -0.2) is 0 Å². The van der Waals surface area contributed by atoms with Gasteiger partial charge in [0.25, 0.3) is 11.7 Å². The van der Waals surface area contributed by atoms with Crippen LogP contribution in [0.2, 0.25) is 0 Å². The molecule has 3 aromatic carbocycles. The van der Waals surface area contributed by atoms with Gasteiger partial charge < -0.3 is 19.8 Å². The summed E-state index contributed by atoms with van der Waals surface area (Å²) in [5.41, 5.74) is 1.14. The van der Waals surface area contributed by atoms with Crippen LogP contribution in [0.1, 0.15) is 50.3 Å². The Morgan fingerprint density at radius 3 is 2.53 bits per heavy atom. The maximum atomic E-state index is 13.3. The van der Waals surface area contributed by atoms with E-state index in [9.17, 15) is 19.8 Å². The Hall–Kier alpha value is -3.80. The van der Waals surface area contributed by atoms with Gasteiger partial charge >= 0.3 is 0 Å². The van der Waals surface area contributed by atoms with E-state index in [4.69, 9.17) is 4.74 Å². The molecule has 1 atom stereocenters. The number of fused-ring (bicyclic) bond motifs is 1. The quantitative estimate of drug-likeness (QED) is 0.199. The number of likely N-dealkylation sites (tertiary alicyclic amines) is 1. The Morgan fingerprint density at radius 1 is 1.00 bits per heavy atom. The summed E-state index contributed by atoms with van der Waals surface area (Å²) >= 11 is 0. The lowest BCUT2D eigenvalue weighted by Crippen LogP contribution is -2.30. The molecule has 0 aromatic heterocycles. The maximum absolute atomic E-state index is 13.3. The third kappa shape index (κ3) is 4.23. The van der Waals surface area contributed by atoms with Crippen molar-refractivity contribution in [2.24, 2.45) is 0 Å². The van der Waals surface area contributed by atoms with Crippen molar-refractivity contribution in [3.63, 3.8) is 0 Å². The lowest BCUT2D eigenvalue weighted by molar-refractivity contribution is -0.139. The first-order valence-corrected chi connectivity index (χ1v) is 11.7. The molecule has 0 radical (unpaired) electrons. The number of benzene rings is 3. The van der Waals surface area contributed by atoms with Gasteiger partial charge in [-0.2, -0.15) is 0 Å². The second-order valence-corrected chi connectivity index (χ2v) is 8.39. The number of unbranched alkanes of at least 4 members (excludes halogenated alkanes) is 2. The molecule has 1 saturated heterocycles. The van der Waals surface area contributed by atoms with Gasteiger partial charge in [-0.05, 0) is 41.8 Å². The van der Waals surface area contributed by atoms with E-state index in [1.54, 1.807) is 18.2 Å². The Morgan fingerprint density at radius 2 is 1.76 bits per heavy atom. The number of Topliss-reactive ketones (excluding diaryl/α,β-unsaturated/α-hetero) is 1. The molecule has 0 bridgehead atoms. The van der Waals surface area contributed by atoms with Gasteiger partial charge in [-0.1, -0.05) is 68.3 Å². The van der Waals surface area contributed by atoms with Gasteiger partial charge in [-0.3, -0.25) is 9.59 Å². The van der Waals surface area contributed by atoms with Gasteiger partial charge in [0.05, 0.1) is 18.2 Å². The highest BCUT2D eigenvalue weighted by Crippen LogP contribution is 2.42. The van der Waals surface area contributed by atoms with Crippen molar-refractivity contribution >= 4 is 28.2 Å². The van der Waals surface area contributed by atoms with Crippen molar-refractivity contribution in [2.75, 3.05) is 13.2 Å². The fourth-order valence-electron chi connectivity index (χ4n) is 4.54. The number of aliphatic hydroxyl groups excluding tert-OH is 1. The minimum atomic E-state index is -0.782. The van der Waals surface area contributed by atoms with Crippen LogP contribution in [0.15, 0.2) is 66.2 Å². The van der Waals surface area contributed by atoms with E-state index < -0.39 is 17.7 Å². The number of amides is 1. The van der Waals surface area contributed by atoms with E-state index in [1.165, 1.54) is 11.0 Å². The molecule has 1 unspecified atom stereocenters. The summed E-state index contributed by atoms with van der Waals surface area (Å²) in [5.74, 6) is -1.30. The lowest BCUT2D eigenvalue weighted by atomic mass is 9.93. The molecule has 0 saturated carbocycles. The summed E-state index contributed by atoms with van der Waals surface area (Å²) in [6, 6.07) is 17.1. The predicted molar refractivity (Wildman–Crippen MR) is 132 cm³/mol. The Balaban J connectivity index is 1.91. The van der Waals surface area contributed by atoms with Crippen LogP contribution in [0.3, 0.4) is 0 Å². The smallest absolute Gasteiger partial charge is 0.295 e. The molecule has 3 aromatic rings. The Kier molecular flexibility index (Phi) is 6.87. The standard InChI is InChI=1S/C28H29NO5/c1-3-5-8-16-29-25(19-14-15-22(30)23(17-19)34-4-2)24(27(32)28(29)33)26(31)21-13-9-11-18-10-6-7-12-20(18)21/h6-7,9-15,17,25,30-31H,3-5,8,16H2,1-2H3/b26-24+. The number of nitrogens with zero attached hydrogens (tertiary/aromatic N) is 1. The van der Waals surface area contributed by atoms with Gasteiger partial charge in [0.15, 0.2) is 11.5 Å². The first kappa shape index (κ1) is 23.4. The molecule has 1 aliphatic heterocycles. The molecular formula is C28H29NO5. The van der Waals surface area contributed by atoms with Crippen LogP contribution < -0.4 is 4.74 Å². The molecule has 1 heterocycles. The molecule has 1 fully saturated rings. The molecule has 6 heteroatoms. The summed E-state index contributed by atoms with van der Waals surface area (Å²) in [7, 11) is 0. The molecule has 176 valence electrons. The van der Waals surface area contributed by atoms with Crippen LogP contribution in [0, 0.1) is 0 Å². The third-order valence-corrected chi connectivity index (χ3v) is 6.19. The van der Waals surface area contributed by atoms with E-state index in [1.807, 2.05) is 43.3 Å². The third-order valence-electron chi connectivity index (χ3n) is 6.19. The number of ether oxygens (including phenoxy) is 1. The molecule has 0 spiro atoms. The second-order valence-electron chi connectivity index (χ2n) is 8.39. The predicted octanol–water partition coefficient (Wildman–Crippen LogP) is 5.56. The average molecular weight is 460 g/mol. The van der Waals surface area contributed by atoms with E-state index >= 15 is 0 Å². The maximum Gasteiger partial charge on any atom is 0.295 e. The van der Waals surface area contributed by atoms with E-state index in [-0.39, 0.29) is 22.8 Å². The molecule has 0 aliphatic carbocycles. The molecule has 1 aliphatic rings. The number of ketones is 1. The van der Waals surface area contributed by atoms with Crippen molar-refractivity contribution in [1.82, 2.24) is 4.90 Å². The lowest BCUT2D eigenvalue weighted by Gasteiger charge is -2.26. The Bertz CT molecular complexity index is 1260. The normalized spacial score (nSPS) is 17.5. The number of carbonyl (C=O) groups excluding carboxylic acids is 2. The van der Waals surface area contributed by atoms with Gasteiger partial charge in [0.1, 0.15) is 5.76 Å². The van der Waals surface area contributed by atoms with Crippen LogP contribution >= 0.6 is 0 Å². The topological polar surface area (TPSA) is 87.1 Å². The number of carbonyl (C=O) groups is 2. The number of hydrogen-bond acceptors (Lipinski definition) is 5. The second kappa shape index (κ2) is 10.00. The first-order valence-electron chi connectivity index (χ1n) is 11.7. The molecule has 34 heavy (non-hydrogen) atoms. The van der Waals surface area contributed by atoms with Gasteiger partial charge in [0.2, 0.25) is 0 Å². The molecule has 6 nitrogen and oxygen atoms in total. The number of aromatic hydroxyl groups is 1. The van der Waals surface area contributed by atoms with Crippen molar-refractivity contribution < 1.29 is 24.5 Å². The zero-order chi connectivity index (χ0) is 24.2. The first-order chi connectivity index (χ1) is 16.5. The average Bonchev–Trinajstić information content (AvgIpc) is 3.10. The highest BCUT2D eigenvalue weighted by molar-refractivity contribution is 6.46. The molecular weight excluding hydrogens is 430 g/mol. The van der Waals surface area contributed by atoms with Crippen LogP contribution in [-0.4, -0.2) is 40.0 Å². The van der Waals surface area contributed by atoms with Crippen molar-refractivity contribution in [2.45, 2.75) is 39.2 Å². The highest BCUT2D eigenvalue weighted by Gasteiger charge is 2.46. The van der Waals surface area contributed by atoms with Crippen molar-refractivity contribution in [3.8, 4) is 11.5 Å². The van der Waals surface area contributed by atoms with Crippen LogP contribution in [0.4, 0.5) is 0 Å². The van der Waals surface area contributed by atoms with Gasteiger partial charge in [0, 0.05) is 12.1 Å². The van der Waals surface area contributed by atoms with E-state index in [0.29, 0.717) is 24.3 Å². The number of phenolic OH excluding ortho intramolecular Hbond substituents is 1. The molecule has 1 amide bonds. The van der Waals surface area contributed by atoms with E-state index in [2.05, 4.69) is 6.92 Å². The zero-order valence-corrected chi connectivity index (χ0v) is 19.5. The largest absolute Gasteiger partial charge is 0.507 e. The fraction of sp³-hybridized carbons (Fsp3) is 0.286. The van der Waals surface area contributed by atoms with Crippen molar-refractivity contribution in [3.05, 3.63) is 77.4 Å². The minimum Gasteiger partial charge on any atom is -0.507 e. The molecule has 4 rings (SSSR count). The van der Waals surface area contributed by atoms with E-state index in [0.717, 1.165) is 30.0 Å². The summed E-state index contributed by atoms with van der Waals surface area (Å²) in [4.78, 5) is 27.9. The van der Waals surface area contributed by atoms with Crippen LogP contribution in [0.25, 0.3) is 16.5 Å². The summed E-state index contributed by atoms with van der Waals surface area (Å²) in [5, 5.41) is 23.4. The summed E-state index contributed by atoms with van der Waals surface area (Å²) in [6.07, 6.45) is 2.63. The fourth-order valence-corrected chi connectivity index (χ4v) is 4.54. The van der Waals surface area contributed by atoms with Gasteiger partial charge in [-0.15, -0.1) is 0 Å².